The number of aromatic nitrogens is 1. The van der Waals surface area contributed by atoms with E-state index >= 15 is 0 Å². The van der Waals surface area contributed by atoms with Crippen LogP contribution in [0.5, 0.6) is 0 Å². The Kier molecular flexibility index (Phi) is 4.63. The quantitative estimate of drug-likeness (QED) is 0.875. The third kappa shape index (κ3) is 3.24. The van der Waals surface area contributed by atoms with E-state index in [0.29, 0.717) is 17.9 Å². The molecule has 0 saturated carbocycles. The lowest BCUT2D eigenvalue weighted by atomic mass is 9.88. The van der Waals surface area contributed by atoms with Crippen LogP contribution in [0.1, 0.15) is 55.6 Å². The number of benzene rings is 1. The maximum Gasteiger partial charge on any atom is 0.0973 e. The molecule has 1 N–H and O–H groups in total. The van der Waals surface area contributed by atoms with Crippen LogP contribution in [0.3, 0.4) is 0 Å². The minimum atomic E-state index is 0.512. The summed E-state index contributed by atoms with van der Waals surface area (Å²) in [5, 5.41) is 5.06. The van der Waals surface area contributed by atoms with Gasteiger partial charge in [0.15, 0.2) is 0 Å². The summed E-state index contributed by atoms with van der Waals surface area (Å²) in [5.74, 6) is 2.14. The van der Waals surface area contributed by atoms with Crippen LogP contribution in [-0.4, -0.2) is 36.6 Å². The lowest BCUT2D eigenvalue weighted by molar-refractivity contribution is 0.195. The molecule has 1 aromatic carbocycles. The van der Waals surface area contributed by atoms with Crippen LogP contribution in [0.25, 0.3) is 10.2 Å². The fourth-order valence-corrected chi connectivity index (χ4v) is 5.56. The van der Waals surface area contributed by atoms with E-state index in [1.54, 1.807) is 0 Å². The molecule has 2 fully saturated rings. The molecule has 0 amide bonds. The van der Waals surface area contributed by atoms with Crippen molar-refractivity contribution >= 4 is 21.6 Å². The largest absolute Gasteiger partial charge is 0.310 e. The second kappa shape index (κ2) is 6.74. The van der Waals surface area contributed by atoms with Gasteiger partial charge in [-0.3, -0.25) is 0 Å². The Hall–Kier alpha value is -0.970. The molecule has 2 aliphatic rings. The highest BCUT2D eigenvalue weighted by Crippen LogP contribution is 2.37. The summed E-state index contributed by atoms with van der Waals surface area (Å²) in [6.07, 6.45) is 3.81. The summed E-state index contributed by atoms with van der Waals surface area (Å²) in [7, 11) is 2.23. The summed E-state index contributed by atoms with van der Waals surface area (Å²) in [6.45, 7) is 8.24. The van der Waals surface area contributed by atoms with Gasteiger partial charge in [-0.05, 0) is 68.9 Å². The van der Waals surface area contributed by atoms with Gasteiger partial charge in [0.1, 0.15) is 0 Å². The van der Waals surface area contributed by atoms with Crippen LogP contribution in [0.2, 0.25) is 0 Å². The van der Waals surface area contributed by atoms with Crippen LogP contribution in [0.4, 0.5) is 0 Å². The molecule has 4 heteroatoms. The van der Waals surface area contributed by atoms with E-state index in [0.717, 1.165) is 12.5 Å². The summed E-state index contributed by atoms with van der Waals surface area (Å²) in [4.78, 5) is 7.50. The van der Waals surface area contributed by atoms with Crippen molar-refractivity contribution in [1.29, 1.82) is 0 Å². The van der Waals surface area contributed by atoms with Crippen LogP contribution in [-0.2, 0) is 0 Å². The maximum absolute atomic E-state index is 5.05. The van der Waals surface area contributed by atoms with Crippen molar-refractivity contribution in [3.8, 4) is 0 Å². The molecule has 0 bridgehead atoms. The van der Waals surface area contributed by atoms with Gasteiger partial charge in [0.05, 0.1) is 15.2 Å². The minimum absolute atomic E-state index is 0.512. The second-order valence-electron chi connectivity index (χ2n) is 8.06. The lowest BCUT2D eigenvalue weighted by Crippen LogP contribution is -2.35. The molecule has 2 unspecified atom stereocenters. The number of hydrogen-bond donors (Lipinski definition) is 1. The number of hydrogen-bond acceptors (Lipinski definition) is 4. The second-order valence-corrected chi connectivity index (χ2v) is 9.12. The molecule has 3 heterocycles. The first-order valence-corrected chi connectivity index (χ1v) is 10.2. The van der Waals surface area contributed by atoms with Crippen molar-refractivity contribution in [3.05, 3.63) is 28.8 Å². The molecule has 0 spiro atoms. The van der Waals surface area contributed by atoms with Crippen molar-refractivity contribution in [3.63, 3.8) is 0 Å². The maximum atomic E-state index is 5.05. The van der Waals surface area contributed by atoms with Gasteiger partial charge in [0.25, 0.3) is 0 Å². The zero-order valence-electron chi connectivity index (χ0n) is 15.1. The zero-order chi connectivity index (χ0) is 16.7. The number of nitrogens with zero attached hydrogens (tertiary/aromatic N) is 2. The highest BCUT2D eigenvalue weighted by atomic mass is 32.1. The Morgan fingerprint density at radius 3 is 2.83 bits per heavy atom. The zero-order valence-corrected chi connectivity index (χ0v) is 15.9. The first-order chi connectivity index (χ1) is 11.6. The molecule has 130 valence electrons. The van der Waals surface area contributed by atoms with Crippen molar-refractivity contribution in [1.82, 2.24) is 15.2 Å². The first-order valence-electron chi connectivity index (χ1n) is 9.42. The fourth-order valence-electron chi connectivity index (χ4n) is 4.34. The van der Waals surface area contributed by atoms with Gasteiger partial charge < -0.3 is 10.2 Å². The van der Waals surface area contributed by atoms with E-state index in [9.17, 15) is 0 Å². The average molecular weight is 344 g/mol. The number of thiazole rings is 1. The number of likely N-dealkylation sites (tertiary alicyclic amines) is 1. The van der Waals surface area contributed by atoms with Gasteiger partial charge >= 0.3 is 0 Å². The molecule has 3 nitrogen and oxygen atoms in total. The Labute approximate surface area is 149 Å². The van der Waals surface area contributed by atoms with Crippen LogP contribution < -0.4 is 5.32 Å². The van der Waals surface area contributed by atoms with Crippen molar-refractivity contribution < 1.29 is 0 Å². The Morgan fingerprint density at radius 1 is 1.21 bits per heavy atom. The standard InChI is InChI=1S/C20H29N3S/c1-13-4-6-17(21-11-13)15-5-7-19-18(10-15)22-20(24-19)16-8-9-23(3)12-14(16)2/h5,7,10,13-14,16-17,21H,4,6,8-9,11-12H2,1-3H3/t13-,14?,16?,17+/m0/s1. The highest BCUT2D eigenvalue weighted by Gasteiger charge is 2.28. The molecule has 2 saturated heterocycles. The van der Waals surface area contributed by atoms with Gasteiger partial charge in [0, 0.05) is 18.5 Å². The van der Waals surface area contributed by atoms with Gasteiger partial charge in [-0.25, -0.2) is 4.98 Å². The molecule has 2 aliphatic heterocycles. The van der Waals surface area contributed by atoms with E-state index in [4.69, 9.17) is 4.98 Å². The van der Waals surface area contributed by atoms with Crippen molar-refractivity contribution in [2.45, 2.75) is 45.1 Å². The predicted octanol–water partition coefficient (Wildman–Crippen LogP) is 4.41. The number of rotatable bonds is 2. The molecule has 1 aromatic heterocycles. The van der Waals surface area contributed by atoms with Gasteiger partial charge in [-0.1, -0.05) is 19.9 Å². The van der Waals surface area contributed by atoms with E-state index < -0.39 is 0 Å². The topological polar surface area (TPSA) is 28.2 Å². The number of fused-ring (bicyclic) bond motifs is 1. The SMILES string of the molecule is CC1CN(C)CCC1c1nc2cc([C@H]3CC[C@H](C)CN3)ccc2s1. The average Bonchev–Trinajstić information content (AvgIpc) is 2.98. The molecule has 0 aliphatic carbocycles. The van der Waals surface area contributed by atoms with E-state index in [-0.39, 0.29) is 0 Å². The van der Waals surface area contributed by atoms with E-state index in [2.05, 4.69) is 49.3 Å². The molecule has 24 heavy (non-hydrogen) atoms. The molecule has 4 rings (SSSR count). The molecule has 2 aromatic rings. The third-order valence-corrected chi connectivity index (χ3v) is 7.09. The normalized spacial score (nSPS) is 32.3. The van der Waals surface area contributed by atoms with Gasteiger partial charge in [0.2, 0.25) is 0 Å². The van der Waals surface area contributed by atoms with Crippen LogP contribution in [0.15, 0.2) is 18.2 Å². The molecular weight excluding hydrogens is 314 g/mol. The van der Waals surface area contributed by atoms with Crippen molar-refractivity contribution in [2.75, 3.05) is 26.7 Å². The predicted molar refractivity (Wildman–Crippen MR) is 103 cm³/mol. The smallest absolute Gasteiger partial charge is 0.0973 e. The number of piperidine rings is 2. The summed E-state index contributed by atoms with van der Waals surface area (Å²) in [5.41, 5.74) is 2.63. The highest BCUT2D eigenvalue weighted by molar-refractivity contribution is 7.18. The Balaban J connectivity index is 1.57. The summed E-state index contributed by atoms with van der Waals surface area (Å²) >= 11 is 1.91. The minimum Gasteiger partial charge on any atom is -0.310 e. The Morgan fingerprint density at radius 2 is 2.08 bits per heavy atom. The van der Waals surface area contributed by atoms with E-state index in [1.165, 1.54) is 53.1 Å². The van der Waals surface area contributed by atoms with Gasteiger partial charge in [-0.15, -0.1) is 11.3 Å². The summed E-state index contributed by atoms with van der Waals surface area (Å²) in [6, 6.07) is 7.46. The number of nitrogens with one attached hydrogen (secondary N) is 1. The third-order valence-electron chi connectivity index (χ3n) is 5.92. The van der Waals surface area contributed by atoms with Crippen LogP contribution >= 0.6 is 11.3 Å². The molecule has 0 radical (unpaired) electrons. The fraction of sp³-hybridized carbons (Fsp3) is 0.650. The lowest BCUT2D eigenvalue weighted by Gasteiger charge is -2.33. The van der Waals surface area contributed by atoms with Gasteiger partial charge in [-0.2, -0.15) is 0 Å². The first kappa shape index (κ1) is 16.5. The monoisotopic (exact) mass is 343 g/mol. The van der Waals surface area contributed by atoms with Crippen molar-refractivity contribution in [2.24, 2.45) is 11.8 Å². The van der Waals surface area contributed by atoms with E-state index in [1.807, 2.05) is 11.3 Å². The Bertz CT molecular complexity index is 702. The molecular formula is C20H29N3S. The molecule has 4 atom stereocenters. The van der Waals surface area contributed by atoms with Crippen LogP contribution in [0, 0.1) is 11.8 Å². The summed E-state index contributed by atoms with van der Waals surface area (Å²) < 4.78 is 1.35.